The topological polar surface area (TPSA) is 85.5 Å². The first-order valence-electron chi connectivity index (χ1n) is 8.94. The first kappa shape index (κ1) is 19.7. The van der Waals surface area contributed by atoms with Crippen LogP contribution in [0, 0.1) is 5.82 Å². The van der Waals surface area contributed by atoms with Gasteiger partial charge in [-0.05, 0) is 23.2 Å². The quantitative estimate of drug-likeness (QED) is 0.438. The number of ether oxygens (including phenoxy) is 1. The zero-order chi connectivity index (χ0) is 21.1. The van der Waals surface area contributed by atoms with Crippen molar-refractivity contribution in [1.82, 2.24) is 24.6 Å². The second-order valence-electron chi connectivity index (χ2n) is 6.48. The minimum Gasteiger partial charge on any atom is -0.459 e. The third kappa shape index (κ3) is 4.20. The molecule has 0 aliphatic rings. The van der Waals surface area contributed by atoms with Crippen LogP contribution in [-0.4, -0.2) is 44.1 Å². The molecule has 10 heteroatoms. The molecular weight excluding hydrogens is 411 g/mol. The van der Waals surface area contributed by atoms with Crippen LogP contribution in [0.5, 0.6) is 0 Å². The summed E-state index contributed by atoms with van der Waals surface area (Å²) in [5.41, 5.74) is 2.18. The highest BCUT2D eigenvalue weighted by molar-refractivity contribution is 6.28. The van der Waals surface area contributed by atoms with E-state index >= 15 is 0 Å². The van der Waals surface area contributed by atoms with Crippen molar-refractivity contribution in [3.63, 3.8) is 0 Å². The summed E-state index contributed by atoms with van der Waals surface area (Å²) >= 11 is 6.22. The van der Waals surface area contributed by atoms with Gasteiger partial charge in [-0.15, -0.1) is 0 Å². The molecule has 1 aromatic carbocycles. The number of esters is 1. The molecule has 0 amide bonds. The zero-order valence-corrected chi connectivity index (χ0v) is 16.6. The van der Waals surface area contributed by atoms with Gasteiger partial charge in [0.1, 0.15) is 24.7 Å². The maximum atomic E-state index is 13.5. The highest BCUT2D eigenvalue weighted by Gasteiger charge is 2.18. The lowest BCUT2D eigenvalue weighted by molar-refractivity contribution is -0.143. The highest BCUT2D eigenvalue weighted by Crippen LogP contribution is 2.24. The average Bonchev–Trinajstić information content (AvgIpc) is 3.18. The van der Waals surface area contributed by atoms with Gasteiger partial charge in [-0.25, -0.2) is 9.37 Å². The number of halogens is 2. The summed E-state index contributed by atoms with van der Waals surface area (Å²) < 4.78 is 20.2. The van der Waals surface area contributed by atoms with Gasteiger partial charge in [-0.3, -0.25) is 9.78 Å². The zero-order valence-electron chi connectivity index (χ0n) is 15.9. The molecule has 0 saturated carbocycles. The van der Waals surface area contributed by atoms with Crippen molar-refractivity contribution in [1.29, 1.82) is 0 Å². The molecule has 0 fully saturated rings. The smallest absolute Gasteiger partial charge is 0.325 e. The Balaban J connectivity index is 1.55. The van der Waals surface area contributed by atoms with E-state index in [0.717, 1.165) is 11.8 Å². The van der Waals surface area contributed by atoms with Gasteiger partial charge in [0.2, 0.25) is 5.28 Å². The van der Waals surface area contributed by atoms with Crippen LogP contribution in [0.25, 0.3) is 17.0 Å². The molecule has 0 bridgehead atoms. The molecule has 0 aliphatic heterocycles. The lowest BCUT2D eigenvalue weighted by Gasteiger charge is -2.16. The second kappa shape index (κ2) is 8.42. The van der Waals surface area contributed by atoms with Crippen molar-refractivity contribution in [2.45, 2.75) is 6.61 Å². The van der Waals surface area contributed by atoms with Gasteiger partial charge in [0.25, 0.3) is 0 Å². The summed E-state index contributed by atoms with van der Waals surface area (Å²) in [4.78, 5) is 26.3. The summed E-state index contributed by atoms with van der Waals surface area (Å²) in [5, 5.41) is 4.22. The van der Waals surface area contributed by atoms with Gasteiger partial charge in [0.15, 0.2) is 11.5 Å². The van der Waals surface area contributed by atoms with E-state index in [2.05, 4.69) is 20.1 Å². The Labute approximate surface area is 175 Å². The molecule has 8 nitrogen and oxygen atoms in total. The van der Waals surface area contributed by atoms with Crippen molar-refractivity contribution in [3.05, 3.63) is 71.7 Å². The largest absolute Gasteiger partial charge is 0.459 e. The Morgan fingerprint density at radius 2 is 2.00 bits per heavy atom. The molecule has 0 aliphatic carbocycles. The Morgan fingerprint density at radius 3 is 2.77 bits per heavy atom. The molecule has 152 valence electrons. The number of likely N-dealkylation sites (N-methyl/N-ethyl adjacent to an activating group) is 1. The van der Waals surface area contributed by atoms with E-state index in [-0.39, 0.29) is 24.3 Å². The van der Waals surface area contributed by atoms with Gasteiger partial charge < -0.3 is 9.64 Å². The van der Waals surface area contributed by atoms with E-state index in [0.29, 0.717) is 16.9 Å². The SMILES string of the molecule is CN(CC(=O)OCc1ccccc1)c1cnn2c(Cl)nc(-c3cncc(F)c3)nc12. The first-order valence-corrected chi connectivity index (χ1v) is 9.32. The molecule has 0 unspecified atom stereocenters. The van der Waals surface area contributed by atoms with Crippen molar-refractivity contribution < 1.29 is 13.9 Å². The Kier molecular flexibility index (Phi) is 5.53. The average molecular weight is 427 g/mol. The summed E-state index contributed by atoms with van der Waals surface area (Å²) in [6, 6.07) is 10.7. The highest BCUT2D eigenvalue weighted by atomic mass is 35.5. The van der Waals surface area contributed by atoms with E-state index in [9.17, 15) is 9.18 Å². The number of nitrogens with zero attached hydrogens (tertiary/aromatic N) is 6. The minimum atomic E-state index is -0.515. The molecule has 0 atom stereocenters. The van der Waals surface area contributed by atoms with Gasteiger partial charge in [-0.1, -0.05) is 30.3 Å². The van der Waals surface area contributed by atoms with Gasteiger partial charge in [0.05, 0.1) is 12.4 Å². The number of anilines is 1. The third-order valence-corrected chi connectivity index (χ3v) is 4.54. The number of rotatable bonds is 6. The number of benzene rings is 1. The molecule has 3 aromatic heterocycles. The van der Waals surface area contributed by atoms with E-state index in [1.807, 2.05) is 30.3 Å². The van der Waals surface area contributed by atoms with Gasteiger partial charge >= 0.3 is 5.97 Å². The molecule has 0 saturated heterocycles. The van der Waals surface area contributed by atoms with Crippen LogP contribution in [0.2, 0.25) is 5.28 Å². The number of carbonyl (C=O) groups excluding carboxylic acids is 1. The van der Waals surface area contributed by atoms with Crippen LogP contribution in [0.4, 0.5) is 10.1 Å². The molecular formula is C20H16ClFN6O2. The molecule has 3 heterocycles. The van der Waals surface area contributed by atoms with Crippen LogP contribution in [0.3, 0.4) is 0 Å². The van der Waals surface area contributed by atoms with E-state index in [1.54, 1.807) is 11.9 Å². The summed E-state index contributed by atoms with van der Waals surface area (Å²) in [5.74, 6) is -0.726. The van der Waals surface area contributed by atoms with Crippen molar-refractivity contribution in [2.75, 3.05) is 18.5 Å². The fourth-order valence-corrected chi connectivity index (χ4v) is 3.03. The second-order valence-corrected chi connectivity index (χ2v) is 6.81. The van der Waals surface area contributed by atoms with Gasteiger partial charge in [0, 0.05) is 18.8 Å². The van der Waals surface area contributed by atoms with Crippen LogP contribution in [0.1, 0.15) is 5.56 Å². The number of fused-ring (bicyclic) bond motifs is 1. The Morgan fingerprint density at radius 1 is 1.20 bits per heavy atom. The summed E-state index contributed by atoms with van der Waals surface area (Å²) in [7, 11) is 1.71. The predicted octanol–water partition coefficient (Wildman–Crippen LogP) is 3.16. The maximum Gasteiger partial charge on any atom is 0.325 e. The van der Waals surface area contributed by atoms with E-state index < -0.39 is 11.8 Å². The Hall–Kier alpha value is -3.59. The maximum absolute atomic E-state index is 13.5. The lowest BCUT2D eigenvalue weighted by atomic mass is 10.2. The van der Waals surface area contributed by atoms with E-state index in [1.165, 1.54) is 23.0 Å². The van der Waals surface area contributed by atoms with Gasteiger partial charge in [-0.2, -0.15) is 14.6 Å². The van der Waals surface area contributed by atoms with Crippen LogP contribution in [0.15, 0.2) is 55.0 Å². The molecule has 0 spiro atoms. The summed E-state index contributed by atoms with van der Waals surface area (Å²) in [6.45, 7) is 0.166. The third-order valence-electron chi connectivity index (χ3n) is 4.29. The molecule has 30 heavy (non-hydrogen) atoms. The lowest BCUT2D eigenvalue weighted by Crippen LogP contribution is -2.27. The fourth-order valence-electron chi connectivity index (χ4n) is 2.83. The van der Waals surface area contributed by atoms with E-state index in [4.69, 9.17) is 16.3 Å². The molecule has 0 N–H and O–H groups in total. The number of pyridine rings is 1. The van der Waals surface area contributed by atoms with Crippen molar-refractivity contribution >= 4 is 28.9 Å². The Bertz CT molecular complexity index is 1200. The number of hydrogen-bond donors (Lipinski definition) is 0. The minimum absolute atomic E-state index is 0.0212. The van der Waals surface area contributed by atoms with Crippen LogP contribution >= 0.6 is 11.6 Å². The number of aromatic nitrogens is 5. The number of hydrogen-bond acceptors (Lipinski definition) is 7. The standard InChI is InChI=1S/C20H16ClFN6O2/c1-27(11-17(29)30-12-13-5-3-2-4-6-13)16-10-24-28-19(16)25-18(26-20(28)21)14-7-15(22)9-23-8-14/h2-10H,11-12H2,1H3. The molecule has 0 radical (unpaired) electrons. The van der Waals surface area contributed by atoms with Crippen molar-refractivity contribution in [2.24, 2.45) is 0 Å². The molecule has 4 aromatic rings. The fraction of sp³-hybridized carbons (Fsp3) is 0.150. The first-order chi connectivity index (χ1) is 14.5. The van der Waals surface area contributed by atoms with Crippen LogP contribution in [-0.2, 0) is 16.1 Å². The molecule has 4 rings (SSSR count). The number of carbonyl (C=O) groups is 1. The van der Waals surface area contributed by atoms with Crippen LogP contribution < -0.4 is 4.90 Å². The monoisotopic (exact) mass is 426 g/mol. The summed E-state index contributed by atoms with van der Waals surface area (Å²) in [6.07, 6.45) is 4.04. The predicted molar refractivity (Wildman–Crippen MR) is 108 cm³/mol. The normalized spacial score (nSPS) is 10.9. The van der Waals surface area contributed by atoms with Crippen molar-refractivity contribution in [3.8, 4) is 11.4 Å².